The van der Waals surface area contributed by atoms with E-state index in [9.17, 15) is 14.9 Å². The number of morpholine rings is 1. The molecular formula is C13H18N2O4. The van der Waals surface area contributed by atoms with E-state index in [1.807, 2.05) is 0 Å². The number of carbonyl (C=O) groups is 2. The molecule has 1 heterocycles. The number of amides is 1. The van der Waals surface area contributed by atoms with Gasteiger partial charge in [-0.15, -0.1) is 0 Å². The van der Waals surface area contributed by atoms with E-state index in [-0.39, 0.29) is 12.5 Å². The number of methoxy groups -OCH3 is 1. The monoisotopic (exact) mass is 266 g/mol. The van der Waals surface area contributed by atoms with Gasteiger partial charge in [0.2, 0.25) is 5.91 Å². The van der Waals surface area contributed by atoms with Gasteiger partial charge in [0.1, 0.15) is 5.41 Å². The average molecular weight is 266 g/mol. The molecule has 0 spiro atoms. The first kappa shape index (κ1) is 13.8. The van der Waals surface area contributed by atoms with Gasteiger partial charge in [-0.3, -0.25) is 4.79 Å². The Bertz CT molecular complexity index is 409. The van der Waals surface area contributed by atoms with Crippen molar-refractivity contribution in [2.75, 3.05) is 26.9 Å². The highest BCUT2D eigenvalue weighted by Crippen LogP contribution is 2.39. The Balaban J connectivity index is 2.20. The molecule has 0 N–H and O–H groups in total. The molecule has 1 unspecified atom stereocenters. The van der Waals surface area contributed by atoms with Crippen molar-refractivity contribution >= 4 is 11.9 Å². The summed E-state index contributed by atoms with van der Waals surface area (Å²) in [7, 11) is 1.29. The number of nitrogens with zero attached hydrogens (tertiary/aromatic N) is 2. The van der Waals surface area contributed by atoms with Crippen LogP contribution in [0.15, 0.2) is 0 Å². The smallest absolute Gasteiger partial charge is 0.331 e. The normalized spacial score (nSPS) is 25.7. The fourth-order valence-corrected chi connectivity index (χ4v) is 2.81. The van der Waals surface area contributed by atoms with Gasteiger partial charge in [0.05, 0.1) is 26.4 Å². The number of hydrogen-bond acceptors (Lipinski definition) is 5. The van der Waals surface area contributed by atoms with Gasteiger partial charge < -0.3 is 14.4 Å². The van der Waals surface area contributed by atoms with Crippen molar-refractivity contribution in [1.29, 1.82) is 5.26 Å². The number of carbonyl (C=O) groups excluding carboxylic acids is 2. The van der Waals surface area contributed by atoms with Crippen LogP contribution in [0.3, 0.4) is 0 Å². The molecule has 0 aromatic carbocycles. The predicted molar refractivity (Wildman–Crippen MR) is 64.9 cm³/mol. The van der Waals surface area contributed by atoms with E-state index in [1.54, 1.807) is 0 Å². The third-order valence-electron chi connectivity index (χ3n) is 3.94. The van der Waals surface area contributed by atoms with Crippen molar-refractivity contribution in [2.45, 2.75) is 31.7 Å². The fourth-order valence-electron chi connectivity index (χ4n) is 2.81. The van der Waals surface area contributed by atoms with E-state index in [0.29, 0.717) is 26.0 Å². The van der Waals surface area contributed by atoms with Crippen molar-refractivity contribution < 1.29 is 19.1 Å². The van der Waals surface area contributed by atoms with Gasteiger partial charge in [0.15, 0.2) is 6.04 Å². The van der Waals surface area contributed by atoms with Gasteiger partial charge in [-0.05, 0) is 12.8 Å². The van der Waals surface area contributed by atoms with Crippen LogP contribution in [0.4, 0.5) is 0 Å². The standard InChI is InChI=1S/C13H18N2O4/c1-18-11(16)10-8-19-7-6-15(10)12(17)13(9-14)4-2-3-5-13/h10H,2-8H2,1H3. The number of hydrogen-bond donors (Lipinski definition) is 0. The molecule has 2 aliphatic rings. The molecule has 0 bridgehead atoms. The Kier molecular flexibility index (Phi) is 4.05. The summed E-state index contributed by atoms with van der Waals surface area (Å²) < 4.78 is 9.94. The second kappa shape index (κ2) is 5.57. The summed E-state index contributed by atoms with van der Waals surface area (Å²) in [6, 6.07) is 1.44. The van der Waals surface area contributed by atoms with Crippen LogP contribution < -0.4 is 0 Å². The summed E-state index contributed by atoms with van der Waals surface area (Å²) >= 11 is 0. The largest absolute Gasteiger partial charge is 0.467 e. The SMILES string of the molecule is COC(=O)C1COCCN1C(=O)C1(C#N)CCCC1. The van der Waals surface area contributed by atoms with E-state index in [0.717, 1.165) is 12.8 Å². The maximum Gasteiger partial charge on any atom is 0.331 e. The maximum atomic E-state index is 12.6. The molecular weight excluding hydrogens is 248 g/mol. The zero-order chi connectivity index (χ0) is 13.9. The molecule has 1 aliphatic heterocycles. The van der Waals surface area contributed by atoms with E-state index < -0.39 is 17.4 Å². The molecule has 19 heavy (non-hydrogen) atoms. The van der Waals surface area contributed by atoms with Gasteiger partial charge in [-0.2, -0.15) is 5.26 Å². The minimum atomic E-state index is -0.955. The maximum absolute atomic E-state index is 12.6. The molecule has 0 aromatic rings. The Morgan fingerprint density at radius 3 is 2.68 bits per heavy atom. The highest BCUT2D eigenvalue weighted by atomic mass is 16.5. The number of esters is 1. The van der Waals surface area contributed by atoms with Crippen molar-refractivity contribution in [3.05, 3.63) is 0 Å². The summed E-state index contributed by atoms with van der Waals surface area (Å²) in [6.07, 6.45) is 2.92. The minimum Gasteiger partial charge on any atom is -0.467 e. The first-order valence-electron chi connectivity index (χ1n) is 6.52. The number of rotatable bonds is 2. The van der Waals surface area contributed by atoms with Crippen LogP contribution in [0.1, 0.15) is 25.7 Å². The highest BCUT2D eigenvalue weighted by molar-refractivity contribution is 5.90. The lowest BCUT2D eigenvalue weighted by Crippen LogP contribution is -2.56. The van der Waals surface area contributed by atoms with Crippen LogP contribution in [0.2, 0.25) is 0 Å². The molecule has 1 saturated carbocycles. The van der Waals surface area contributed by atoms with Crippen LogP contribution >= 0.6 is 0 Å². The molecule has 0 aromatic heterocycles. The van der Waals surface area contributed by atoms with Crippen molar-refractivity contribution in [3.63, 3.8) is 0 Å². The van der Waals surface area contributed by atoms with Crippen molar-refractivity contribution in [2.24, 2.45) is 5.41 Å². The van der Waals surface area contributed by atoms with Crippen LogP contribution in [-0.2, 0) is 19.1 Å². The lowest BCUT2D eigenvalue weighted by Gasteiger charge is -2.37. The first-order chi connectivity index (χ1) is 9.14. The third kappa shape index (κ3) is 2.43. The van der Waals surface area contributed by atoms with Gasteiger partial charge in [0, 0.05) is 6.54 Å². The fraction of sp³-hybridized carbons (Fsp3) is 0.769. The highest BCUT2D eigenvalue weighted by Gasteiger charge is 2.47. The summed E-state index contributed by atoms with van der Waals surface area (Å²) in [5.41, 5.74) is -0.955. The third-order valence-corrected chi connectivity index (χ3v) is 3.94. The van der Waals surface area contributed by atoms with Crippen LogP contribution in [0.25, 0.3) is 0 Å². The predicted octanol–water partition coefficient (Wildman–Crippen LogP) is 0.471. The second-order valence-corrected chi connectivity index (χ2v) is 5.01. The topological polar surface area (TPSA) is 79.6 Å². The molecule has 1 amide bonds. The number of ether oxygens (including phenoxy) is 2. The molecule has 6 heteroatoms. The van der Waals surface area contributed by atoms with E-state index in [1.165, 1.54) is 12.0 Å². The molecule has 0 radical (unpaired) electrons. The van der Waals surface area contributed by atoms with Gasteiger partial charge >= 0.3 is 5.97 Å². The molecule has 1 saturated heterocycles. The average Bonchev–Trinajstić information content (AvgIpc) is 2.95. The van der Waals surface area contributed by atoms with Crippen molar-refractivity contribution in [3.8, 4) is 6.07 Å². The molecule has 1 atom stereocenters. The molecule has 2 rings (SSSR count). The Morgan fingerprint density at radius 2 is 2.11 bits per heavy atom. The zero-order valence-corrected chi connectivity index (χ0v) is 11.1. The first-order valence-corrected chi connectivity index (χ1v) is 6.52. The second-order valence-electron chi connectivity index (χ2n) is 5.01. The molecule has 2 fully saturated rings. The molecule has 6 nitrogen and oxygen atoms in total. The van der Waals surface area contributed by atoms with Gasteiger partial charge in [-0.1, -0.05) is 12.8 Å². The Labute approximate surface area is 112 Å². The minimum absolute atomic E-state index is 0.139. The van der Waals surface area contributed by atoms with Crippen LogP contribution in [0.5, 0.6) is 0 Å². The van der Waals surface area contributed by atoms with Gasteiger partial charge in [0.25, 0.3) is 0 Å². The van der Waals surface area contributed by atoms with Crippen molar-refractivity contribution in [1.82, 2.24) is 4.90 Å². The summed E-state index contributed by atoms with van der Waals surface area (Å²) in [5, 5.41) is 9.35. The zero-order valence-electron chi connectivity index (χ0n) is 11.1. The van der Waals surface area contributed by atoms with E-state index in [2.05, 4.69) is 6.07 Å². The number of nitriles is 1. The summed E-state index contributed by atoms with van der Waals surface area (Å²) in [5.74, 6) is -0.731. The molecule has 1 aliphatic carbocycles. The van der Waals surface area contributed by atoms with Crippen LogP contribution in [-0.4, -0.2) is 49.7 Å². The van der Waals surface area contributed by atoms with E-state index in [4.69, 9.17) is 9.47 Å². The van der Waals surface area contributed by atoms with Crippen LogP contribution in [0, 0.1) is 16.7 Å². The summed E-state index contributed by atoms with van der Waals surface area (Å²) in [4.78, 5) is 25.8. The van der Waals surface area contributed by atoms with Gasteiger partial charge in [-0.25, -0.2) is 4.79 Å². The Morgan fingerprint density at radius 1 is 1.42 bits per heavy atom. The summed E-state index contributed by atoms with van der Waals surface area (Å²) in [6.45, 7) is 0.864. The van der Waals surface area contributed by atoms with E-state index >= 15 is 0 Å². The molecule has 104 valence electrons. The lowest BCUT2D eigenvalue weighted by atomic mass is 9.85. The Hall–Kier alpha value is -1.61. The quantitative estimate of drug-likeness (QED) is 0.679. The lowest BCUT2D eigenvalue weighted by molar-refractivity contribution is -0.164.